The molecule has 0 saturated heterocycles. The monoisotopic (exact) mass is 943 g/mol. The fourth-order valence-corrected chi connectivity index (χ4v) is 10.2. The predicted molar refractivity (Wildman–Crippen MR) is 286 cm³/mol. The first-order chi connectivity index (χ1) is 33.9. The Morgan fingerprint density at radius 2 is 1.07 bits per heavy atom. The largest absolute Gasteiger partial charge is 0.494 e. The van der Waals surface area contributed by atoms with Crippen molar-refractivity contribution in [2.75, 3.05) is 19.8 Å². The molecule has 2 fully saturated rings. The van der Waals surface area contributed by atoms with Gasteiger partial charge in [0, 0.05) is 6.08 Å². The van der Waals surface area contributed by atoms with Crippen LogP contribution >= 0.6 is 0 Å². The van der Waals surface area contributed by atoms with Crippen LogP contribution in [0, 0.1) is 35.5 Å². The number of esters is 2. The van der Waals surface area contributed by atoms with Gasteiger partial charge in [-0.3, -0.25) is 0 Å². The highest BCUT2D eigenvalue weighted by Crippen LogP contribution is 2.36. The average Bonchev–Trinajstić information content (AvgIpc) is 3.37. The Bertz CT molecular complexity index is 1990. The Balaban J connectivity index is 1.34. The normalized spacial score (nSPS) is 18.1. The number of aryl methyl sites for hydroxylation is 1. The summed E-state index contributed by atoms with van der Waals surface area (Å²) >= 11 is 0. The molecule has 0 aromatic heterocycles. The molecule has 0 spiro atoms. The van der Waals surface area contributed by atoms with E-state index < -0.39 is 5.97 Å². The molecule has 0 heterocycles. The third kappa shape index (κ3) is 21.6. The molecule has 6 nitrogen and oxygen atoms in total. The van der Waals surface area contributed by atoms with Crippen molar-refractivity contribution in [3.8, 4) is 29.1 Å². The minimum absolute atomic E-state index is 0.344. The molecular weight excluding hydrogens is 853 g/mol. The summed E-state index contributed by atoms with van der Waals surface area (Å²) in [6.07, 6.45) is 37.8. The van der Waals surface area contributed by atoms with E-state index >= 15 is 0 Å². The van der Waals surface area contributed by atoms with Crippen LogP contribution in [-0.4, -0.2) is 31.8 Å². The molecule has 378 valence electrons. The van der Waals surface area contributed by atoms with Gasteiger partial charge in [-0.05, 0) is 128 Å². The zero-order valence-corrected chi connectivity index (χ0v) is 43.6. The standard InChI is InChI=1S/C63H90O6/c1-5-9-13-15-16-20-45-66-59-40-38-56(39-41-59)63(65)69-61-43-34-53(30-27-52-25-23-50(24-26-52)21-17-11-7-3)48-58(61)37-36-57-47-54(35-44-62(64)67-46-19-14-10-6-2)33-42-60(57)68-49-55-31-28-51(29-32-55)22-18-12-8-4/h33-35,38-44,47-48,50-52,55H,5-32,45-46,49H2,1-4H3. The molecule has 0 amide bonds. The van der Waals surface area contributed by atoms with Crippen LogP contribution in [0.25, 0.3) is 6.08 Å². The minimum Gasteiger partial charge on any atom is -0.494 e. The van der Waals surface area contributed by atoms with E-state index in [1.165, 1.54) is 146 Å². The van der Waals surface area contributed by atoms with E-state index in [2.05, 4.69) is 51.7 Å². The lowest BCUT2D eigenvalue weighted by Crippen LogP contribution is -2.20. The maximum atomic E-state index is 13.7. The van der Waals surface area contributed by atoms with E-state index in [1.54, 1.807) is 18.2 Å². The second kappa shape index (κ2) is 33.2. The summed E-state index contributed by atoms with van der Waals surface area (Å²) in [5.41, 5.74) is 3.89. The van der Waals surface area contributed by atoms with Gasteiger partial charge in [0.1, 0.15) is 17.2 Å². The van der Waals surface area contributed by atoms with Gasteiger partial charge in [-0.25, -0.2) is 9.59 Å². The fraction of sp³-hybridized carbons (Fsp3) is 0.619. The Morgan fingerprint density at radius 1 is 0.536 bits per heavy atom. The second-order valence-electron chi connectivity index (χ2n) is 20.5. The highest BCUT2D eigenvalue weighted by molar-refractivity contribution is 5.91. The molecule has 0 aliphatic heterocycles. The molecule has 2 saturated carbocycles. The maximum absolute atomic E-state index is 13.7. The van der Waals surface area contributed by atoms with Crippen molar-refractivity contribution in [3.63, 3.8) is 0 Å². The number of unbranched alkanes of at least 4 members (excludes halogenated alkanes) is 12. The van der Waals surface area contributed by atoms with Crippen LogP contribution in [0.15, 0.2) is 66.7 Å². The summed E-state index contributed by atoms with van der Waals surface area (Å²) in [6, 6.07) is 19.3. The lowest BCUT2D eigenvalue weighted by Gasteiger charge is -2.28. The van der Waals surface area contributed by atoms with Crippen LogP contribution < -0.4 is 14.2 Å². The number of carbonyl (C=O) groups is 2. The molecule has 0 radical (unpaired) electrons. The molecule has 2 aliphatic rings. The van der Waals surface area contributed by atoms with Gasteiger partial charge in [0.05, 0.1) is 36.5 Å². The summed E-state index contributed by atoms with van der Waals surface area (Å²) in [5.74, 6) is 11.0. The van der Waals surface area contributed by atoms with Crippen LogP contribution in [0.2, 0.25) is 0 Å². The molecule has 5 rings (SSSR count). The summed E-state index contributed by atoms with van der Waals surface area (Å²) in [4.78, 5) is 26.4. The van der Waals surface area contributed by atoms with Gasteiger partial charge < -0.3 is 18.9 Å². The molecular formula is C63H90O6. The smallest absolute Gasteiger partial charge is 0.343 e. The molecule has 0 N–H and O–H groups in total. The number of rotatable bonds is 31. The van der Waals surface area contributed by atoms with Gasteiger partial charge in [-0.1, -0.05) is 193 Å². The molecule has 3 aromatic rings. The molecule has 2 aliphatic carbocycles. The van der Waals surface area contributed by atoms with Crippen LogP contribution in [-0.2, 0) is 16.0 Å². The van der Waals surface area contributed by atoms with Crippen molar-refractivity contribution in [3.05, 3.63) is 94.6 Å². The first kappa shape index (κ1) is 55.4. The van der Waals surface area contributed by atoms with Crippen molar-refractivity contribution in [1.29, 1.82) is 0 Å². The van der Waals surface area contributed by atoms with Gasteiger partial charge in [0.2, 0.25) is 0 Å². The first-order valence-electron chi connectivity index (χ1n) is 28.1. The molecule has 6 heteroatoms. The molecule has 3 aromatic carbocycles. The topological polar surface area (TPSA) is 71.1 Å². The molecule has 69 heavy (non-hydrogen) atoms. The van der Waals surface area contributed by atoms with Crippen LogP contribution in [0.1, 0.15) is 234 Å². The molecule has 0 unspecified atom stereocenters. The lowest BCUT2D eigenvalue weighted by molar-refractivity contribution is -0.137. The van der Waals surface area contributed by atoms with Crippen LogP contribution in [0.4, 0.5) is 0 Å². The Hall–Kier alpha value is -4.50. The van der Waals surface area contributed by atoms with E-state index in [1.807, 2.05) is 36.4 Å². The van der Waals surface area contributed by atoms with Gasteiger partial charge in [0.25, 0.3) is 0 Å². The number of hydrogen-bond acceptors (Lipinski definition) is 6. The number of carbonyl (C=O) groups excluding carboxylic acids is 2. The Labute approximate surface area is 419 Å². The van der Waals surface area contributed by atoms with E-state index in [0.717, 1.165) is 85.3 Å². The summed E-state index contributed by atoms with van der Waals surface area (Å²) in [5, 5.41) is 0. The summed E-state index contributed by atoms with van der Waals surface area (Å²) in [7, 11) is 0. The van der Waals surface area contributed by atoms with E-state index in [0.29, 0.717) is 42.6 Å². The van der Waals surface area contributed by atoms with Crippen LogP contribution in [0.3, 0.4) is 0 Å². The SMILES string of the molecule is CCCCCCCCOc1ccc(C(=O)Oc2ccc(CCC3CCC(CCCCC)CC3)cc2C#Cc2cc(C=CC(=O)OCCCCCC)ccc2OCC2CCC(CCCCC)CC2)cc1. The van der Waals surface area contributed by atoms with E-state index in [-0.39, 0.29) is 5.97 Å². The Morgan fingerprint density at radius 3 is 1.72 bits per heavy atom. The second-order valence-corrected chi connectivity index (χ2v) is 20.5. The number of hydrogen-bond donors (Lipinski definition) is 0. The predicted octanol–water partition coefficient (Wildman–Crippen LogP) is 17.3. The highest BCUT2D eigenvalue weighted by atomic mass is 16.5. The van der Waals surface area contributed by atoms with Gasteiger partial charge in [-0.15, -0.1) is 0 Å². The first-order valence-corrected chi connectivity index (χ1v) is 28.1. The fourth-order valence-electron chi connectivity index (χ4n) is 10.2. The summed E-state index contributed by atoms with van der Waals surface area (Å²) in [6.45, 7) is 10.7. The molecule has 0 atom stereocenters. The van der Waals surface area contributed by atoms with Crippen molar-refractivity contribution in [2.45, 2.75) is 207 Å². The third-order valence-electron chi connectivity index (χ3n) is 14.8. The number of ether oxygens (including phenoxy) is 4. The van der Waals surface area contributed by atoms with Crippen molar-refractivity contribution in [1.82, 2.24) is 0 Å². The molecule has 0 bridgehead atoms. The van der Waals surface area contributed by atoms with Crippen molar-refractivity contribution in [2.24, 2.45) is 23.7 Å². The van der Waals surface area contributed by atoms with Gasteiger partial charge in [-0.2, -0.15) is 0 Å². The highest BCUT2D eigenvalue weighted by Gasteiger charge is 2.23. The van der Waals surface area contributed by atoms with Crippen molar-refractivity contribution >= 4 is 18.0 Å². The van der Waals surface area contributed by atoms with Crippen molar-refractivity contribution < 1.29 is 28.5 Å². The zero-order valence-electron chi connectivity index (χ0n) is 43.6. The minimum atomic E-state index is -0.433. The van der Waals surface area contributed by atoms with Crippen LogP contribution in [0.5, 0.6) is 17.2 Å². The lowest BCUT2D eigenvalue weighted by atomic mass is 9.77. The van der Waals surface area contributed by atoms with E-state index in [4.69, 9.17) is 18.9 Å². The van der Waals surface area contributed by atoms with Gasteiger partial charge in [0.15, 0.2) is 0 Å². The third-order valence-corrected chi connectivity index (χ3v) is 14.8. The summed E-state index contributed by atoms with van der Waals surface area (Å²) < 4.78 is 24.3. The number of benzene rings is 3. The zero-order chi connectivity index (χ0) is 48.7. The average molecular weight is 943 g/mol. The quantitative estimate of drug-likeness (QED) is 0.0210. The maximum Gasteiger partial charge on any atom is 0.343 e. The van der Waals surface area contributed by atoms with E-state index in [9.17, 15) is 9.59 Å². The van der Waals surface area contributed by atoms with Gasteiger partial charge >= 0.3 is 11.9 Å². The Kier molecular flexibility index (Phi) is 26.6.